The molecule has 0 radical (unpaired) electrons. The summed E-state index contributed by atoms with van der Waals surface area (Å²) in [6, 6.07) is 12.9. The Bertz CT molecular complexity index is 1420. The highest BCUT2D eigenvalue weighted by molar-refractivity contribution is 7.92. The zero-order valence-electron chi connectivity index (χ0n) is 20.0. The molecule has 0 bridgehead atoms. The van der Waals surface area contributed by atoms with E-state index in [4.69, 9.17) is 0 Å². The maximum atomic E-state index is 12.9. The minimum atomic E-state index is -3.96. The molecule has 12 heteroatoms. The zero-order chi connectivity index (χ0) is 26.0. The Labute approximate surface area is 205 Å². The predicted octanol–water partition coefficient (Wildman–Crippen LogP) is 3.00. The molecule has 1 heterocycles. The predicted molar refractivity (Wildman–Crippen MR) is 135 cm³/mol. The summed E-state index contributed by atoms with van der Waals surface area (Å²) in [6.07, 6.45) is 1.03. The van der Waals surface area contributed by atoms with Crippen LogP contribution in [0.15, 0.2) is 59.5 Å². The molecule has 2 aromatic carbocycles. The van der Waals surface area contributed by atoms with Gasteiger partial charge in [-0.25, -0.2) is 31.5 Å². The first-order valence-corrected chi connectivity index (χ1v) is 13.9. The standard InChI is InChI=1S/C23H27N5O5S2/c1-15-6-10-20(11-7-15)28(34(5,30)31)18(4)22(29)26-19-8-12-21(13-9-19)35(32,33)27-23-24-16(2)14-17(3)25-23/h6-14,18H,1-5H3,(H,26,29)(H,24,25,27). The van der Waals surface area contributed by atoms with E-state index in [2.05, 4.69) is 20.0 Å². The summed E-state index contributed by atoms with van der Waals surface area (Å²) in [7, 11) is -7.71. The molecule has 0 saturated carbocycles. The second-order valence-electron chi connectivity index (χ2n) is 8.16. The summed E-state index contributed by atoms with van der Waals surface area (Å²) in [5.74, 6) is -0.612. The van der Waals surface area contributed by atoms with Gasteiger partial charge in [-0.2, -0.15) is 0 Å². The molecule has 2 N–H and O–H groups in total. The first-order chi connectivity index (χ1) is 16.3. The lowest BCUT2D eigenvalue weighted by molar-refractivity contribution is -0.116. The van der Waals surface area contributed by atoms with Gasteiger partial charge < -0.3 is 5.32 Å². The SMILES string of the molecule is Cc1ccc(N(C(C)C(=O)Nc2ccc(S(=O)(=O)Nc3nc(C)cc(C)n3)cc2)S(C)(=O)=O)cc1. The summed E-state index contributed by atoms with van der Waals surface area (Å²) in [4.78, 5) is 21.0. The molecule has 3 aromatic rings. The number of sulfonamides is 2. The molecule has 1 aromatic heterocycles. The van der Waals surface area contributed by atoms with Crippen LogP contribution in [0, 0.1) is 20.8 Å². The molecule has 0 saturated heterocycles. The van der Waals surface area contributed by atoms with Crippen molar-refractivity contribution in [2.45, 2.75) is 38.6 Å². The summed E-state index contributed by atoms with van der Waals surface area (Å²) in [6.45, 7) is 6.81. The molecular weight excluding hydrogens is 490 g/mol. The third-order valence-corrected chi connectivity index (χ3v) is 7.60. The number of rotatable bonds is 8. The highest BCUT2D eigenvalue weighted by Crippen LogP contribution is 2.23. The van der Waals surface area contributed by atoms with Crippen LogP contribution in [0.3, 0.4) is 0 Å². The lowest BCUT2D eigenvalue weighted by Crippen LogP contribution is -2.45. The fourth-order valence-electron chi connectivity index (χ4n) is 3.42. The topological polar surface area (TPSA) is 138 Å². The van der Waals surface area contributed by atoms with Crippen molar-refractivity contribution >= 4 is 43.3 Å². The third kappa shape index (κ3) is 6.55. The Hall–Kier alpha value is -3.51. The molecule has 35 heavy (non-hydrogen) atoms. The minimum absolute atomic E-state index is 0.0364. The van der Waals surface area contributed by atoms with E-state index in [9.17, 15) is 21.6 Å². The van der Waals surface area contributed by atoms with E-state index in [0.29, 0.717) is 22.8 Å². The number of nitrogens with one attached hydrogen (secondary N) is 2. The van der Waals surface area contributed by atoms with Crippen molar-refractivity contribution in [2.24, 2.45) is 0 Å². The van der Waals surface area contributed by atoms with Crippen LogP contribution in [0.2, 0.25) is 0 Å². The van der Waals surface area contributed by atoms with Gasteiger partial charge in [0.2, 0.25) is 21.9 Å². The van der Waals surface area contributed by atoms with Gasteiger partial charge in [0.05, 0.1) is 16.8 Å². The maximum absolute atomic E-state index is 12.9. The van der Waals surface area contributed by atoms with Gasteiger partial charge >= 0.3 is 0 Å². The number of amides is 1. The normalized spacial score (nSPS) is 12.6. The van der Waals surface area contributed by atoms with Gasteiger partial charge in [0, 0.05) is 17.1 Å². The van der Waals surface area contributed by atoms with Gasteiger partial charge in [0.15, 0.2) is 0 Å². The molecule has 0 aliphatic heterocycles. The first-order valence-electron chi connectivity index (χ1n) is 10.6. The van der Waals surface area contributed by atoms with E-state index in [1.54, 1.807) is 44.2 Å². The molecule has 0 aliphatic rings. The summed E-state index contributed by atoms with van der Waals surface area (Å²) >= 11 is 0. The average molecular weight is 518 g/mol. The van der Waals surface area contributed by atoms with Crippen molar-refractivity contribution in [3.05, 3.63) is 71.5 Å². The average Bonchev–Trinajstić information content (AvgIpc) is 2.73. The third-order valence-electron chi connectivity index (χ3n) is 5.02. The van der Waals surface area contributed by atoms with E-state index in [-0.39, 0.29) is 10.8 Å². The van der Waals surface area contributed by atoms with Crippen LogP contribution in [0.25, 0.3) is 0 Å². The van der Waals surface area contributed by atoms with Crippen LogP contribution < -0.4 is 14.3 Å². The largest absolute Gasteiger partial charge is 0.324 e. The Balaban J connectivity index is 1.76. The highest BCUT2D eigenvalue weighted by atomic mass is 32.2. The molecule has 1 unspecified atom stereocenters. The minimum Gasteiger partial charge on any atom is -0.324 e. The second kappa shape index (κ2) is 10.0. The fourth-order valence-corrected chi connectivity index (χ4v) is 5.53. The van der Waals surface area contributed by atoms with Crippen molar-refractivity contribution in [3.8, 4) is 0 Å². The van der Waals surface area contributed by atoms with Crippen LogP contribution in [0.5, 0.6) is 0 Å². The fraction of sp³-hybridized carbons (Fsp3) is 0.261. The quantitative estimate of drug-likeness (QED) is 0.468. The molecular formula is C23H27N5O5S2. The van der Waals surface area contributed by atoms with Crippen molar-refractivity contribution < 1.29 is 21.6 Å². The summed E-state index contributed by atoms with van der Waals surface area (Å²) < 4.78 is 53.6. The summed E-state index contributed by atoms with van der Waals surface area (Å²) in [5, 5.41) is 2.63. The molecule has 1 atom stereocenters. The van der Waals surface area contributed by atoms with E-state index < -0.39 is 32.0 Å². The van der Waals surface area contributed by atoms with Gasteiger partial charge in [-0.15, -0.1) is 0 Å². The second-order valence-corrected chi connectivity index (χ2v) is 11.7. The Morgan fingerprint density at radius 2 is 1.43 bits per heavy atom. The Morgan fingerprint density at radius 3 is 1.94 bits per heavy atom. The number of carbonyl (C=O) groups excluding carboxylic acids is 1. The van der Waals surface area contributed by atoms with Crippen molar-refractivity contribution in [3.63, 3.8) is 0 Å². The number of anilines is 3. The Morgan fingerprint density at radius 1 is 0.886 bits per heavy atom. The van der Waals surface area contributed by atoms with E-state index in [1.165, 1.54) is 31.2 Å². The first kappa shape index (κ1) is 26.1. The lowest BCUT2D eigenvalue weighted by atomic mass is 10.2. The van der Waals surface area contributed by atoms with Crippen molar-refractivity contribution in [2.75, 3.05) is 20.6 Å². The summed E-state index contributed by atoms with van der Waals surface area (Å²) in [5.41, 5.74) is 2.86. The van der Waals surface area contributed by atoms with Crippen LogP contribution >= 0.6 is 0 Å². The van der Waals surface area contributed by atoms with E-state index >= 15 is 0 Å². The number of benzene rings is 2. The number of hydrogen-bond donors (Lipinski definition) is 2. The van der Waals surface area contributed by atoms with Gasteiger partial charge in [0.1, 0.15) is 6.04 Å². The van der Waals surface area contributed by atoms with Gasteiger partial charge in [-0.3, -0.25) is 9.10 Å². The molecule has 186 valence electrons. The van der Waals surface area contributed by atoms with Gasteiger partial charge in [0.25, 0.3) is 10.0 Å². The zero-order valence-corrected chi connectivity index (χ0v) is 21.6. The van der Waals surface area contributed by atoms with Gasteiger partial charge in [-0.05, 0) is 70.2 Å². The number of hydrogen-bond acceptors (Lipinski definition) is 7. The van der Waals surface area contributed by atoms with Crippen LogP contribution in [-0.4, -0.2) is 45.0 Å². The molecule has 3 rings (SSSR count). The lowest BCUT2D eigenvalue weighted by Gasteiger charge is -2.28. The molecule has 1 amide bonds. The molecule has 0 aliphatic carbocycles. The van der Waals surface area contributed by atoms with E-state index in [0.717, 1.165) is 16.1 Å². The number of nitrogens with zero attached hydrogens (tertiary/aromatic N) is 3. The van der Waals surface area contributed by atoms with Crippen LogP contribution in [0.4, 0.5) is 17.3 Å². The number of aromatic nitrogens is 2. The smallest absolute Gasteiger partial charge is 0.264 e. The number of carbonyl (C=O) groups is 1. The monoisotopic (exact) mass is 517 g/mol. The van der Waals surface area contributed by atoms with Crippen LogP contribution in [0.1, 0.15) is 23.9 Å². The van der Waals surface area contributed by atoms with Crippen LogP contribution in [-0.2, 0) is 24.8 Å². The molecule has 10 nitrogen and oxygen atoms in total. The molecule has 0 fully saturated rings. The van der Waals surface area contributed by atoms with E-state index in [1.807, 2.05) is 6.92 Å². The van der Waals surface area contributed by atoms with Crippen molar-refractivity contribution in [1.29, 1.82) is 0 Å². The number of aryl methyl sites for hydroxylation is 3. The maximum Gasteiger partial charge on any atom is 0.264 e. The van der Waals surface area contributed by atoms with Crippen molar-refractivity contribution in [1.82, 2.24) is 9.97 Å². The molecule has 0 spiro atoms. The Kier molecular flexibility index (Phi) is 7.46. The highest BCUT2D eigenvalue weighted by Gasteiger charge is 2.29. The van der Waals surface area contributed by atoms with Gasteiger partial charge in [-0.1, -0.05) is 17.7 Å².